The van der Waals surface area contributed by atoms with Gasteiger partial charge in [-0.25, -0.2) is 0 Å². The second-order valence-corrected chi connectivity index (χ2v) is 5.78. The minimum atomic E-state index is -0.579. The largest absolute Gasteiger partial charge is 0.497 e. The maximum atomic E-state index is 9.93. The number of methoxy groups -OCH3 is 1. The number of halogens is 1. The lowest BCUT2D eigenvalue weighted by atomic mass is 10.3. The molecule has 0 amide bonds. The van der Waals surface area contributed by atoms with Crippen molar-refractivity contribution in [3.63, 3.8) is 0 Å². The van der Waals surface area contributed by atoms with Crippen LogP contribution < -0.4 is 14.8 Å². The van der Waals surface area contributed by atoms with E-state index in [-0.39, 0.29) is 6.61 Å². The van der Waals surface area contributed by atoms with Gasteiger partial charge >= 0.3 is 0 Å². The number of aliphatic hydroxyl groups is 1. The Balaban J connectivity index is 1.75. The number of aliphatic hydroxyl groups excluding tert-OH is 1. The lowest BCUT2D eigenvalue weighted by Gasteiger charge is -2.14. The fourth-order valence-corrected chi connectivity index (χ4v) is 2.30. The van der Waals surface area contributed by atoms with Gasteiger partial charge in [-0.15, -0.1) is 0 Å². The summed E-state index contributed by atoms with van der Waals surface area (Å²) in [5.74, 6) is 1.49. The number of benzene rings is 2. The van der Waals surface area contributed by atoms with Crippen molar-refractivity contribution < 1.29 is 14.6 Å². The number of anilines is 1. The van der Waals surface area contributed by atoms with Crippen LogP contribution in [0.5, 0.6) is 11.5 Å². The number of hydrogen-bond donors (Lipinski definition) is 2. The van der Waals surface area contributed by atoms with E-state index < -0.39 is 6.10 Å². The summed E-state index contributed by atoms with van der Waals surface area (Å²) in [6.45, 7) is 0.680. The van der Waals surface area contributed by atoms with E-state index >= 15 is 0 Å². The summed E-state index contributed by atoms with van der Waals surface area (Å²) in [5.41, 5.74) is 0.991. The van der Waals surface area contributed by atoms with Crippen molar-refractivity contribution >= 4 is 28.3 Å². The topological polar surface area (TPSA) is 50.7 Å². The predicted molar refractivity (Wildman–Crippen MR) is 92.1 cm³/mol. The molecule has 0 spiro atoms. The van der Waals surface area contributed by atoms with Crippen molar-refractivity contribution in [1.29, 1.82) is 0 Å². The van der Waals surface area contributed by atoms with E-state index in [1.165, 1.54) is 0 Å². The predicted octanol–water partition coefficient (Wildman–Crippen LogP) is 3.15. The first-order chi connectivity index (χ1) is 10.2. The molecule has 0 aliphatic heterocycles. The van der Waals surface area contributed by atoms with Crippen LogP contribution in [0.4, 0.5) is 5.69 Å². The summed E-state index contributed by atoms with van der Waals surface area (Å²) < 4.78 is 11.8. The Morgan fingerprint density at radius 3 is 2.52 bits per heavy atom. The van der Waals surface area contributed by atoms with Gasteiger partial charge in [0.1, 0.15) is 24.2 Å². The summed E-state index contributed by atoms with van der Waals surface area (Å²) in [7, 11) is 1.62. The van der Waals surface area contributed by atoms with E-state index in [0.29, 0.717) is 12.3 Å². The molecule has 1 atom stereocenters. The van der Waals surface area contributed by atoms with E-state index in [9.17, 15) is 5.11 Å². The quantitative estimate of drug-likeness (QED) is 0.703. The van der Waals surface area contributed by atoms with Crippen molar-refractivity contribution in [2.45, 2.75) is 6.10 Å². The molecule has 2 aromatic rings. The molecule has 0 aliphatic carbocycles. The lowest BCUT2D eigenvalue weighted by Crippen LogP contribution is -2.26. The van der Waals surface area contributed by atoms with Crippen LogP contribution in [0, 0.1) is 3.57 Å². The number of nitrogens with one attached hydrogen (secondary N) is 1. The Morgan fingerprint density at radius 1 is 1.14 bits per heavy atom. The van der Waals surface area contributed by atoms with Crippen molar-refractivity contribution in [3.05, 3.63) is 52.1 Å². The Labute approximate surface area is 138 Å². The monoisotopic (exact) mass is 399 g/mol. The van der Waals surface area contributed by atoms with E-state index in [2.05, 4.69) is 27.9 Å². The van der Waals surface area contributed by atoms with Crippen LogP contribution in [0.15, 0.2) is 48.5 Å². The van der Waals surface area contributed by atoms with Crippen molar-refractivity contribution in [2.24, 2.45) is 0 Å². The van der Waals surface area contributed by atoms with Gasteiger partial charge in [-0.1, -0.05) is 6.07 Å². The van der Waals surface area contributed by atoms with Gasteiger partial charge in [0.15, 0.2) is 0 Å². The average Bonchev–Trinajstić information content (AvgIpc) is 2.51. The molecule has 2 rings (SSSR count). The number of ether oxygens (including phenoxy) is 2. The van der Waals surface area contributed by atoms with Crippen LogP contribution in [0.25, 0.3) is 0 Å². The highest BCUT2D eigenvalue weighted by molar-refractivity contribution is 14.1. The molecule has 0 aromatic heterocycles. The molecule has 0 radical (unpaired) electrons. The second kappa shape index (κ2) is 8.09. The summed E-state index contributed by atoms with van der Waals surface area (Å²) in [4.78, 5) is 0. The number of hydrogen-bond acceptors (Lipinski definition) is 4. The van der Waals surface area contributed by atoms with Gasteiger partial charge in [0.05, 0.1) is 7.11 Å². The highest BCUT2D eigenvalue weighted by atomic mass is 127. The summed E-state index contributed by atoms with van der Waals surface area (Å²) in [5, 5.41) is 13.1. The molecule has 21 heavy (non-hydrogen) atoms. The Kier molecular flexibility index (Phi) is 6.13. The zero-order valence-corrected chi connectivity index (χ0v) is 13.9. The van der Waals surface area contributed by atoms with Crippen molar-refractivity contribution in [2.75, 3.05) is 25.6 Å². The van der Waals surface area contributed by atoms with Gasteiger partial charge in [0, 0.05) is 15.8 Å². The molecular weight excluding hydrogens is 381 g/mol. The second-order valence-electron chi connectivity index (χ2n) is 4.53. The highest BCUT2D eigenvalue weighted by Crippen LogP contribution is 2.17. The third-order valence-corrected chi connectivity index (χ3v) is 3.54. The molecule has 112 valence electrons. The van der Waals surface area contributed by atoms with Crippen LogP contribution in [-0.2, 0) is 0 Å². The fourth-order valence-electron chi connectivity index (χ4n) is 1.76. The molecule has 0 saturated carbocycles. The first kappa shape index (κ1) is 15.9. The molecule has 2 N–H and O–H groups in total. The van der Waals surface area contributed by atoms with Gasteiger partial charge in [0.2, 0.25) is 0 Å². The Morgan fingerprint density at radius 2 is 1.86 bits per heavy atom. The van der Waals surface area contributed by atoms with Crippen LogP contribution in [-0.4, -0.2) is 31.5 Å². The maximum absolute atomic E-state index is 9.93. The highest BCUT2D eigenvalue weighted by Gasteiger charge is 2.05. The normalized spacial score (nSPS) is 11.8. The van der Waals surface area contributed by atoms with Crippen LogP contribution in [0.2, 0.25) is 0 Å². The lowest BCUT2D eigenvalue weighted by molar-refractivity contribution is 0.117. The minimum absolute atomic E-state index is 0.239. The van der Waals surface area contributed by atoms with Crippen molar-refractivity contribution in [1.82, 2.24) is 0 Å². The third-order valence-electron chi connectivity index (χ3n) is 2.87. The van der Waals surface area contributed by atoms with E-state index in [0.717, 1.165) is 15.0 Å². The minimum Gasteiger partial charge on any atom is -0.497 e. The zero-order valence-electron chi connectivity index (χ0n) is 11.8. The fraction of sp³-hybridized carbons (Fsp3) is 0.250. The van der Waals surface area contributed by atoms with Crippen molar-refractivity contribution in [3.8, 4) is 11.5 Å². The summed E-state index contributed by atoms with van der Waals surface area (Å²) >= 11 is 2.26. The van der Waals surface area contributed by atoms with Crippen LogP contribution in [0.3, 0.4) is 0 Å². The Hall–Kier alpha value is -1.47. The van der Waals surface area contributed by atoms with Crippen LogP contribution >= 0.6 is 22.6 Å². The SMILES string of the molecule is COc1ccc(OCC(O)CNc2cccc(I)c2)cc1. The standard InChI is InChI=1S/C16H18INO3/c1-20-15-5-7-16(8-6-15)21-11-14(19)10-18-13-4-2-3-12(17)9-13/h2-9,14,18-19H,10-11H2,1H3. The van der Waals surface area contributed by atoms with Gasteiger partial charge in [-0.2, -0.15) is 0 Å². The van der Waals surface area contributed by atoms with Gasteiger partial charge < -0.3 is 19.9 Å². The van der Waals surface area contributed by atoms with Gasteiger partial charge in [-0.3, -0.25) is 0 Å². The first-order valence-corrected chi connectivity index (χ1v) is 7.69. The molecule has 2 aromatic carbocycles. The summed E-state index contributed by atoms with van der Waals surface area (Å²) in [6, 6.07) is 15.3. The molecule has 0 heterocycles. The molecule has 0 aliphatic rings. The number of rotatable bonds is 7. The van der Waals surface area contributed by atoms with E-state index in [1.807, 2.05) is 48.5 Å². The molecule has 1 unspecified atom stereocenters. The molecule has 5 heteroatoms. The maximum Gasteiger partial charge on any atom is 0.119 e. The molecule has 0 fully saturated rings. The first-order valence-electron chi connectivity index (χ1n) is 6.62. The van der Waals surface area contributed by atoms with Gasteiger partial charge in [0.25, 0.3) is 0 Å². The molecule has 0 saturated heterocycles. The average molecular weight is 399 g/mol. The molecule has 4 nitrogen and oxygen atoms in total. The summed E-state index contributed by atoms with van der Waals surface area (Å²) in [6.07, 6.45) is -0.579. The van der Waals surface area contributed by atoms with Gasteiger partial charge in [-0.05, 0) is 65.1 Å². The zero-order chi connectivity index (χ0) is 15.1. The molecule has 0 bridgehead atoms. The van der Waals surface area contributed by atoms with E-state index in [1.54, 1.807) is 7.11 Å². The Bertz CT molecular complexity index is 560. The van der Waals surface area contributed by atoms with Crippen LogP contribution in [0.1, 0.15) is 0 Å². The third kappa shape index (κ3) is 5.43. The molecular formula is C16H18INO3. The smallest absolute Gasteiger partial charge is 0.119 e. The van der Waals surface area contributed by atoms with E-state index in [4.69, 9.17) is 9.47 Å².